The number of hydrogen-bond acceptors (Lipinski definition) is 4. The zero-order valence-electron chi connectivity index (χ0n) is 21.7. The van der Waals surface area contributed by atoms with Crippen molar-refractivity contribution >= 4 is 29.2 Å². The summed E-state index contributed by atoms with van der Waals surface area (Å²) in [6.07, 6.45) is 4.59. The van der Waals surface area contributed by atoms with Crippen LogP contribution < -0.4 is 27.1 Å². The molecule has 1 amide bonds. The fourth-order valence-electron chi connectivity index (χ4n) is 5.50. The minimum absolute atomic E-state index is 0.00299. The molecule has 0 unspecified atom stereocenters. The maximum absolute atomic E-state index is 14.3. The van der Waals surface area contributed by atoms with Gasteiger partial charge in [0.1, 0.15) is 12.7 Å². The minimum atomic E-state index is -2.68. The van der Waals surface area contributed by atoms with Crippen molar-refractivity contribution in [3.8, 4) is 0 Å². The number of nitrogens with one attached hydrogen (secondary N) is 3. The zero-order chi connectivity index (χ0) is 26.5. The van der Waals surface area contributed by atoms with E-state index in [1.54, 1.807) is 31.2 Å². The molecule has 0 radical (unpaired) electrons. The Labute approximate surface area is 217 Å². The standard InChI is InChI=1S/C27H37F2N7O/c1-17(37)35-11-7-24(34-20-5-8-33-9-6-20)23(16-35)27(31)36-10-3-4-18-12-21(19(14-30)15-32-2)22(26(28)29)13-25(18)36/h12-15,20,26,33H,3-11,16H2,1-2H3,(H4,30,31,32,34)/p+2. The van der Waals surface area contributed by atoms with Crippen LogP contribution in [0.1, 0.15) is 55.7 Å². The van der Waals surface area contributed by atoms with Crippen LogP contribution in [0.4, 0.5) is 14.5 Å². The smallest absolute Gasteiger partial charge is 0.279 e. The normalized spacial score (nSPS) is 21.0. The number of amides is 1. The molecule has 3 heterocycles. The first-order chi connectivity index (χ1) is 17.8. The number of nitrogens with two attached hydrogens (primary N) is 2. The molecule has 1 aromatic carbocycles. The third-order valence-electron chi connectivity index (χ3n) is 7.50. The molecular formula is C27H39F2N7O+2. The van der Waals surface area contributed by atoms with Crippen LogP contribution >= 0.6 is 0 Å². The summed E-state index contributed by atoms with van der Waals surface area (Å²) in [6.45, 7) is 5.13. The summed E-state index contributed by atoms with van der Waals surface area (Å²) in [5.74, 6) is 0.518. The van der Waals surface area contributed by atoms with Crippen LogP contribution in [0, 0.1) is 0 Å². The third-order valence-corrected chi connectivity index (χ3v) is 7.50. The molecule has 3 aliphatic rings. The van der Waals surface area contributed by atoms with E-state index in [9.17, 15) is 13.6 Å². The predicted molar refractivity (Wildman–Crippen MR) is 142 cm³/mol. The SMILES string of the molecule is C[NH+]=C/C(=C\N)c1cc2c(cc1C(F)F)[N+](=C(N)C1=C(NC3CCNCC3)CCN(C(C)=O)C1)CCC2. The largest absolute Gasteiger partial charge is 0.404 e. The Morgan fingerprint density at radius 3 is 2.70 bits per heavy atom. The summed E-state index contributed by atoms with van der Waals surface area (Å²) in [5, 5.41) is 7.09. The van der Waals surface area contributed by atoms with Crippen molar-refractivity contribution < 1.29 is 23.1 Å². The molecule has 3 aliphatic heterocycles. The van der Waals surface area contributed by atoms with Crippen molar-refractivity contribution in [2.75, 3.05) is 39.8 Å². The Hall–Kier alpha value is -3.27. The molecule has 10 heteroatoms. The summed E-state index contributed by atoms with van der Waals surface area (Å²) in [6, 6.07) is 3.71. The Bertz CT molecular complexity index is 1150. The van der Waals surface area contributed by atoms with E-state index >= 15 is 0 Å². The summed E-state index contributed by atoms with van der Waals surface area (Å²) < 4.78 is 30.5. The third kappa shape index (κ3) is 5.84. The first-order valence-corrected chi connectivity index (χ1v) is 13.1. The monoisotopic (exact) mass is 515 g/mol. The highest BCUT2D eigenvalue weighted by Crippen LogP contribution is 2.36. The van der Waals surface area contributed by atoms with E-state index in [0.717, 1.165) is 55.6 Å². The van der Waals surface area contributed by atoms with Crippen molar-refractivity contribution in [1.29, 1.82) is 0 Å². The van der Waals surface area contributed by atoms with Gasteiger partial charge in [-0.2, -0.15) is 0 Å². The van der Waals surface area contributed by atoms with E-state index in [4.69, 9.17) is 11.5 Å². The van der Waals surface area contributed by atoms with Gasteiger partial charge < -0.3 is 21.3 Å². The van der Waals surface area contributed by atoms with Gasteiger partial charge >= 0.3 is 0 Å². The van der Waals surface area contributed by atoms with Gasteiger partial charge in [0.15, 0.2) is 6.21 Å². The molecule has 1 fully saturated rings. The highest BCUT2D eigenvalue weighted by molar-refractivity contribution is 6.07. The van der Waals surface area contributed by atoms with E-state index in [1.165, 1.54) is 6.20 Å². The van der Waals surface area contributed by atoms with E-state index < -0.39 is 6.43 Å². The van der Waals surface area contributed by atoms with Gasteiger partial charge in [0, 0.05) is 43.4 Å². The number of hydrogen-bond donors (Lipinski definition) is 5. The number of piperidine rings is 1. The number of amidine groups is 1. The molecule has 0 bridgehead atoms. The summed E-state index contributed by atoms with van der Waals surface area (Å²) >= 11 is 0. The zero-order valence-corrected chi connectivity index (χ0v) is 21.7. The average molecular weight is 516 g/mol. The van der Waals surface area contributed by atoms with Crippen LogP contribution in [-0.4, -0.2) is 73.2 Å². The number of fused-ring (bicyclic) bond motifs is 1. The number of carbonyl (C=O) groups is 1. The number of allylic oxidation sites excluding steroid dienone is 1. The van der Waals surface area contributed by atoms with Crippen molar-refractivity contribution in [2.45, 2.75) is 51.5 Å². The molecule has 0 aliphatic carbocycles. The van der Waals surface area contributed by atoms with Crippen LogP contribution in [0.5, 0.6) is 0 Å². The number of halogens is 2. The molecular weight excluding hydrogens is 476 g/mol. The van der Waals surface area contributed by atoms with Gasteiger partial charge in [0.05, 0.1) is 24.2 Å². The van der Waals surface area contributed by atoms with Gasteiger partial charge in [0.2, 0.25) is 5.91 Å². The van der Waals surface area contributed by atoms with Crippen LogP contribution in [0.15, 0.2) is 29.6 Å². The molecule has 1 saturated heterocycles. The summed E-state index contributed by atoms with van der Waals surface area (Å²) in [7, 11) is 1.71. The Morgan fingerprint density at radius 2 is 2.05 bits per heavy atom. The fourth-order valence-corrected chi connectivity index (χ4v) is 5.50. The molecule has 0 saturated carbocycles. The average Bonchev–Trinajstić information content (AvgIpc) is 2.90. The predicted octanol–water partition coefficient (Wildman–Crippen LogP) is 0.500. The lowest BCUT2D eigenvalue weighted by Crippen LogP contribution is -2.63. The molecule has 0 atom stereocenters. The first kappa shape index (κ1) is 26.8. The van der Waals surface area contributed by atoms with E-state index in [0.29, 0.717) is 54.8 Å². The highest BCUT2D eigenvalue weighted by atomic mass is 19.3. The van der Waals surface area contributed by atoms with Gasteiger partial charge in [-0.25, -0.2) is 13.4 Å². The molecule has 4 rings (SSSR count). The second kappa shape index (κ2) is 11.9. The minimum Gasteiger partial charge on any atom is -0.404 e. The van der Waals surface area contributed by atoms with Gasteiger partial charge in [-0.05, 0) is 62.0 Å². The van der Waals surface area contributed by atoms with Crippen LogP contribution in [0.25, 0.3) is 5.57 Å². The van der Waals surface area contributed by atoms with Gasteiger partial charge in [-0.1, -0.05) is 0 Å². The number of benzene rings is 1. The Morgan fingerprint density at radius 1 is 1.30 bits per heavy atom. The molecule has 8 nitrogen and oxygen atoms in total. The van der Waals surface area contributed by atoms with Gasteiger partial charge in [0.25, 0.3) is 12.3 Å². The summed E-state index contributed by atoms with van der Waals surface area (Å²) in [4.78, 5) is 16.9. The maximum atomic E-state index is 14.3. The van der Waals surface area contributed by atoms with Crippen molar-refractivity contribution in [2.24, 2.45) is 11.5 Å². The molecule has 0 spiro atoms. The van der Waals surface area contributed by atoms with Crippen molar-refractivity contribution in [3.05, 3.63) is 46.3 Å². The lowest BCUT2D eigenvalue weighted by Gasteiger charge is -2.33. The van der Waals surface area contributed by atoms with E-state index in [1.807, 2.05) is 10.6 Å². The number of aryl methyl sites for hydroxylation is 1. The van der Waals surface area contributed by atoms with Crippen LogP contribution in [0.2, 0.25) is 0 Å². The molecule has 200 valence electrons. The molecule has 37 heavy (non-hydrogen) atoms. The van der Waals surface area contributed by atoms with Crippen molar-refractivity contribution in [3.63, 3.8) is 0 Å². The lowest BCUT2D eigenvalue weighted by molar-refractivity contribution is -0.447. The Balaban J connectivity index is 1.82. The topological polar surface area (TPSA) is 113 Å². The van der Waals surface area contributed by atoms with Crippen LogP contribution in [-0.2, 0) is 11.2 Å². The Kier molecular flexibility index (Phi) is 8.58. The molecule has 1 aromatic rings. The number of carbonyl (C=O) groups excluding carboxylic acids is 1. The second-order valence-electron chi connectivity index (χ2n) is 9.88. The second-order valence-corrected chi connectivity index (χ2v) is 9.88. The summed E-state index contributed by atoms with van der Waals surface area (Å²) in [5.41, 5.74) is 17.0. The van der Waals surface area contributed by atoms with Gasteiger partial charge in [-0.15, -0.1) is 0 Å². The molecule has 7 N–H and O–H groups in total. The number of nitrogens with zero attached hydrogens (tertiary/aromatic N) is 2. The molecule has 0 aromatic heterocycles. The van der Waals surface area contributed by atoms with E-state index in [2.05, 4.69) is 15.6 Å². The van der Waals surface area contributed by atoms with Crippen molar-refractivity contribution in [1.82, 2.24) is 15.5 Å². The highest BCUT2D eigenvalue weighted by Gasteiger charge is 2.32. The lowest BCUT2D eigenvalue weighted by atomic mass is 9.92. The van der Waals surface area contributed by atoms with Crippen LogP contribution in [0.3, 0.4) is 0 Å². The first-order valence-electron chi connectivity index (χ1n) is 13.1. The van der Waals surface area contributed by atoms with E-state index in [-0.39, 0.29) is 11.5 Å². The maximum Gasteiger partial charge on any atom is 0.279 e. The number of rotatable bonds is 6. The van der Waals surface area contributed by atoms with Gasteiger partial charge in [-0.3, -0.25) is 15.5 Å². The number of alkyl halides is 2. The quantitative estimate of drug-likeness (QED) is 0.215. The fraction of sp³-hybridized carbons (Fsp3) is 0.519.